The fraction of sp³-hybridized carbons (Fsp3) is 0.143. The number of rotatable bonds is 1. The molecule has 0 heterocycles. The van der Waals surface area contributed by atoms with Crippen molar-refractivity contribution in [3.63, 3.8) is 0 Å². The lowest BCUT2D eigenvalue weighted by Crippen LogP contribution is -2.16. The molecular weight excluding hydrogens is 185 g/mol. The molecule has 0 atom stereocenters. The van der Waals surface area contributed by atoms with Gasteiger partial charge in [0.25, 0.3) is 0 Å². The minimum Gasteiger partial charge on any atom is -0.433 e. The number of halogens is 3. The number of benzene rings is 1. The van der Waals surface area contributed by atoms with Crippen LogP contribution in [0.2, 0.25) is 0 Å². The van der Waals surface area contributed by atoms with Crippen molar-refractivity contribution >= 4 is 14.9 Å². The lowest BCUT2D eigenvalue weighted by atomic mass is 10.2. The Morgan fingerprint density at radius 2 is 1.92 bits per heavy atom. The maximum Gasteiger partial charge on any atom is 0.416 e. The van der Waals surface area contributed by atoms with E-state index in [1.165, 1.54) is 12.1 Å². The molecule has 0 unspecified atom stereocenters. The van der Waals surface area contributed by atoms with Gasteiger partial charge in [-0.05, 0) is 11.3 Å². The molecule has 0 aromatic heterocycles. The summed E-state index contributed by atoms with van der Waals surface area (Å²) in [6.45, 7) is 0. The van der Waals surface area contributed by atoms with Gasteiger partial charge in [-0.2, -0.15) is 13.2 Å². The van der Waals surface area contributed by atoms with E-state index in [0.717, 1.165) is 12.1 Å². The van der Waals surface area contributed by atoms with Crippen LogP contribution in [-0.2, 0) is 6.18 Å². The Balaban J connectivity index is 3.02. The molecule has 0 radical (unpaired) electrons. The van der Waals surface area contributed by atoms with Crippen LogP contribution < -0.4 is 5.19 Å². The highest BCUT2D eigenvalue weighted by molar-refractivity contribution is 6.45. The molecule has 12 heavy (non-hydrogen) atoms. The van der Waals surface area contributed by atoms with Gasteiger partial charge in [-0.3, -0.25) is 0 Å². The predicted molar refractivity (Wildman–Crippen MR) is 41.8 cm³/mol. The Morgan fingerprint density at radius 3 is 2.42 bits per heavy atom. The van der Waals surface area contributed by atoms with Crippen LogP contribution in [0.1, 0.15) is 5.56 Å². The highest BCUT2D eigenvalue weighted by Crippen LogP contribution is 2.27. The first-order chi connectivity index (χ1) is 5.54. The van der Waals surface area contributed by atoms with Crippen molar-refractivity contribution in [1.29, 1.82) is 0 Å². The molecule has 1 aromatic rings. The Bertz CT molecular complexity index is 272. The zero-order valence-electron chi connectivity index (χ0n) is 6.10. The van der Waals surface area contributed by atoms with Gasteiger partial charge in [-0.15, -0.1) is 0 Å². The van der Waals surface area contributed by atoms with Crippen molar-refractivity contribution in [1.82, 2.24) is 0 Å². The first-order valence-corrected chi connectivity index (χ1v) is 4.65. The Labute approximate surface area is 69.8 Å². The first-order valence-electron chi connectivity index (χ1n) is 3.31. The third kappa shape index (κ3) is 2.08. The molecule has 0 amide bonds. The van der Waals surface area contributed by atoms with Crippen LogP contribution in [0.5, 0.6) is 0 Å². The molecule has 0 aliphatic carbocycles. The van der Waals surface area contributed by atoms with E-state index in [0.29, 0.717) is 5.19 Å². The van der Waals surface area contributed by atoms with E-state index < -0.39 is 21.5 Å². The van der Waals surface area contributed by atoms with Gasteiger partial charge in [0, 0.05) is 0 Å². The smallest absolute Gasteiger partial charge is 0.416 e. The second kappa shape index (κ2) is 3.28. The van der Waals surface area contributed by atoms with Crippen molar-refractivity contribution < 1.29 is 18.0 Å². The molecule has 0 aliphatic rings. The molecule has 1 nitrogen and oxygen atoms in total. The summed E-state index contributed by atoms with van der Waals surface area (Å²) < 4.78 is 36.1. The fourth-order valence-electron chi connectivity index (χ4n) is 0.846. The van der Waals surface area contributed by atoms with Gasteiger partial charge in [0.05, 0.1) is 5.56 Å². The van der Waals surface area contributed by atoms with Crippen molar-refractivity contribution in [3.05, 3.63) is 29.8 Å². The van der Waals surface area contributed by atoms with Crippen LogP contribution in [0.3, 0.4) is 0 Å². The van der Waals surface area contributed by atoms with E-state index in [1.807, 2.05) is 0 Å². The van der Waals surface area contributed by atoms with E-state index in [4.69, 9.17) is 4.80 Å². The zero-order chi connectivity index (χ0) is 9.19. The second-order valence-corrected chi connectivity index (χ2v) is 3.49. The summed E-state index contributed by atoms with van der Waals surface area (Å²) in [4.78, 5) is 8.70. The number of hydrogen-bond donors (Lipinski definition) is 1. The minimum absolute atomic E-state index is 0.407. The molecule has 0 bridgehead atoms. The maximum absolute atomic E-state index is 12.0. The van der Waals surface area contributed by atoms with E-state index in [9.17, 15) is 13.2 Å². The average molecular weight is 192 g/mol. The quantitative estimate of drug-likeness (QED) is 0.639. The molecule has 1 N–H and O–H groups in total. The fourth-order valence-corrected chi connectivity index (χ4v) is 1.40. The highest BCUT2D eigenvalue weighted by Gasteiger charge is 2.30. The van der Waals surface area contributed by atoms with E-state index in [1.54, 1.807) is 0 Å². The average Bonchev–Trinajstić information content (AvgIpc) is 2.03. The third-order valence-corrected chi connectivity index (χ3v) is 2.24. The van der Waals surface area contributed by atoms with Crippen LogP contribution in [0.25, 0.3) is 0 Å². The number of alkyl halides is 3. The van der Waals surface area contributed by atoms with Crippen LogP contribution >= 0.6 is 0 Å². The number of hydrogen-bond acceptors (Lipinski definition) is 1. The SMILES string of the molecule is O[SiH2]c1cccc(C(F)(F)F)c1. The molecule has 5 heteroatoms. The van der Waals surface area contributed by atoms with Crippen molar-refractivity contribution in [3.8, 4) is 0 Å². The van der Waals surface area contributed by atoms with E-state index >= 15 is 0 Å². The summed E-state index contributed by atoms with van der Waals surface area (Å²) >= 11 is 0. The van der Waals surface area contributed by atoms with Crippen LogP contribution in [-0.4, -0.2) is 14.6 Å². The zero-order valence-corrected chi connectivity index (χ0v) is 7.51. The Hall–Kier alpha value is -0.813. The monoisotopic (exact) mass is 192 g/mol. The lowest BCUT2D eigenvalue weighted by molar-refractivity contribution is -0.137. The molecule has 0 fully saturated rings. The Morgan fingerprint density at radius 1 is 1.25 bits per heavy atom. The van der Waals surface area contributed by atoms with Gasteiger partial charge < -0.3 is 4.80 Å². The summed E-state index contributed by atoms with van der Waals surface area (Å²) in [6, 6.07) is 4.79. The van der Waals surface area contributed by atoms with Gasteiger partial charge in [0.15, 0.2) is 9.76 Å². The molecule has 66 valence electrons. The highest BCUT2D eigenvalue weighted by atomic mass is 28.2. The van der Waals surface area contributed by atoms with Crippen molar-refractivity contribution in [2.75, 3.05) is 0 Å². The summed E-state index contributed by atoms with van der Waals surface area (Å²) in [6.07, 6.45) is -4.31. The van der Waals surface area contributed by atoms with Gasteiger partial charge in [-0.1, -0.05) is 18.2 Å². The molecule has 0 aliphatic heterocycles. The molecule has 1 aromatic carbocycles. The first kappa shape index (κ1) is 9.28. The lowest BCUT2D eigenvalue weighted by Gasteiger charge is -2.06. The third-order valence-electron chi connectivity index (χ3n) is 1.44. The summed E-state index contributed by atoms with van der Waals surface area (Å²) in [7, 11) is -1.49. The summed E-state index contributed by atoms with van der Waals surface area (Å²) in [5, 5.41) is 0.407. The summed E-state index contributed by atoms with van der Waals surface area (Å²) in [5.74, 6) is 0. The Kier molecular flexibility index (Phi) is 2.54. The molecule has 0 saturated carbocycles. The minimum atomic E-state index is -4.31. The predicted octanol–water partition coefficient (Wildman–Crippen LogP) is 0.407. The largest absolute Gasteiger partial charge is 0.433 e. The van der Waals surface area contributed by atoms with E-state index in [2.05, 4.69) is 0 Å². The van der Waals surface area contributed by atoms with Crippen LogP contribution in [0.4, 0.5) is 13.2 Å². The molecular formula is C7H7F3OSi. The maximum atomic E-state index is 12.0. The molecule has 1 rings (SSSR count). The van der Waals surface area contributed by atoms with Gasteiger partial charge in [-0.25, -0.2) is 0 Å². The second-order valence-electron chi connectivity index (χ2n) is 2.36. The normalized spacial score (nSPS) is 12.7. The van der Waals surface area contributed by atoms with Crippen LogP contribution in [0, 0.1) is 0 Å². The van der Waals surface area contributed by atoms with E-state index in [-0.39, 0.29) is 0 Å². The van der Waals surface area contributed by atoms with Gasteiger partial charge >= 0.3 is 6.18 Å². The van der Waals surface area contributed by atoms with Crippen molar-refractivity contribution in [2.45, 2.75) is 6.18 Å². The topological polar surface area (TPSA) is 20.2 Å². The molecule has 0 saturated heterocycles. The van der Waals surface area contributed by atoms with Gasteiger partial charge in [0.2, 0.25) is 0 Å². The summed E-state index contributed by atoms with van der Waals surface area (Å²) in [5.41, 5.74) is -0.693. The molecule has 0 spiro atoms. The van der Waals surface area contributed by atoms with Crippen LogP contribution in [0.15, 0.2) is 24.3 Å². The van der Waals surface area contributed by atoms with Gasteiger partial charge in [0.1, 0.15) is 0 Å². The standard InChI is InChI=1S/C7H7F3OSi/c8-7(9,10)5-2-1-3-6(4-5)12-11/h1-4,11H,12H2. The van der Waals surface area contributed by atoms with Crippen molar-refractivity contribution in [2.24, 2.45) is 0 Å².